The molecular weight excluding hydrogens is 280 g/mol. The highest BCUT2D eigenvalue weighted by Crippen LogP contribution is 2.39. The van der Waals surface area contributed by atoms with Gasteiger partial charge in [-0.3, -0.25) is 4.90 Å². The normalized spacial score (nSPS) is 25.5. The quantitative estimate of drug-likeness (QED) is 0.925. The third kappa shape index (κ3) is 3.31. The van der Waals surface area contributed by atoms with Gasteiger partial charge >= 0.3 is 0 Å². The summed E-state index contributed by atoms with van der Waals surface area (Å²) in [6.07, 6.45) is 2.39. The minimum absolute atomic E-state index is 0.495. The molecule has 2 atom stereocenters. The second-order valence-corrected chi connectivity index (χ2v) is 7.27. The summed E-state index contributed by atoms with van der Waals surface area (Å²) in [5.41, 5.74) is 1.43. The van der Waals surface area contributed by atoms with E-state index in [-0.39, 0.29) is 0 Å². The lowest BCUT2D eigenvalue weighted by Crippen LogP contribution is -2.45. The maximum atomic E-state index is 6.10. The van der Waals surface area contributed by atoms with Crippen LogP contribution in [0.15, 0.2) is 6.07 Å². The largest absolute Gasteiger partial charge is 0.379 e. The van der Waals surface area contributed by atoms with Crippen molar-refractivity contribution in [2.45, 2.75) is 31.8 Å². The summed E-state index contributed by atoms with van der Waals surface area (Å²) in [4.78, 5) is 3.96. The fourth-order valence-electron chi connectivity index (χ4n) is 3.07. The van der Waals surface area contributed by atoms with Gasteiger partial charge in [-0.25, -0.2) is 0 Å². The van der Waals surface area contributed by atoms with Crippen LogP contribution in [0.3, 0.4) is 0 Å². The third-order valence-corrected chi connectivity index (χ3v) is 5.31. The van der Waals surface area contributed by atoms with Crippen LogP contribution < -0.4 is 5.32 Å². The number of aryl methyl sites for hydroxylation is 1. The first kappa shape index (κ1) is 13.8. The number of halogens is 1. The molecule has 1 aliphatic heterocycles. The van der Waals surface area contributed by atoms with E-state index in [4.69, 9.17) is 16.3 Å². The minimum atomic E-state index is 0.495. The Kier molecular flexibility index (Phi) is 4.44. The van der Waals surface area contributed by atoms with Gasteiger partial charge in [-0.15, -0.1) is 11.3 Å². The van der Waals surface area contributed by atoms with E-state index in [2.05, 4.69) is 23.2 Å². The zero-order chi connectivity index (χ0) is 13.2. The van der Waals surface area contributed by atoms with Crippen LogP contribution in [-0.2, 0) is 11.2 Å². The fourth-order valence-corrected chi connectivity index (χ4v) is 4.43. The van der Waals surface area contributed by atoms with Crippen LogP contribution in [-0.4, -0.2) is 43.8 Å². The van der Waals surface area contributed by atoms with Gasteiger partial charge in [-0.1, -0.05) is 11.6 Å². The number of hydrogen-bond acceptors (Lipinski definition) is 4. The molecule has 3 nitrogen and oxygen atoms in total. The Labute approximate surface area is 123 Å². The number of nitrogens with one attached hydrogen (secondary N) is 1. The van der Waals surface area contributed by atoms with Gasteiger partial charge in [0.15, 0.2) is 0 Å². The summed E-state index contributed by atoms with van der Waals surface area (Å²) < 4.78 is 6.32. The Morgan fingerprint density at radius 3 is 3.11 bits per heavy atom. The van der Waals surface area contributed by atoms with E-state index in [1.807, 2.05) is 0 Å². The smallest absolute Gasteiger partial charge is 0.0934 e. The van der Waals surface area contributed by atoms with Gasteiger partial charge in [0.05, 0.1) is 17.6 Å². The summed E-state index contributed by atoms with van der Waals surface area (Å²) in [5, 5.41) is 3.76. The lowest BCUT2D eigenvalue weighted by molar-refractivity contribution is 0.0338. The molecule has 0 radical (unpaired) electrons. The molecule has 1 N–H and O–H groups in total. The lowest BCUT2D eigenvalue weighted by Gasteiger charge is -2.30. The van der Waals surface area contributed by atoms with Crippen molar-refractivity contribution in [1.29, 1.82) is 0 Å². The first-order valence-electron chi connectivity index (χ1n) is 7.06. The summed E-state index contributed by atoms with van der Waals surface area (Å²) in [6, 6.07) is 3.15. The molecule has 19 heavy (non-hydrogen) atoms. The molecule has 0 bridgehead atoms. The van der Waals surface area contributed by atoms with Crippen LogP contribution in [0, 0.1) is 0 Å². The van der Waals surface area contributed by atoms with E-state index in [1.165, 1.54) is 23.3 Å². The van der Waals surface area contributed by atoms with Crippen LogP contribution in [0.25, 0.3) is 0 Å². The molecule has 2 unspecified atom stereocenters. The Bertz CT molecular complexity index is 431. The van der Waals surface area contributed by atoms with Crippen LogP contribution in [0.4, 0.5) is 0 Å². The topological polar surface area (TPSA) is 24.5 Å². The van der Waals surface area contributed by atoms with Crippen LogP contribution in [0.2, 0.25) is 4.34 Å². The van der Waals surface area contributed by atoms with Crippen molar-refractivity contribution in [2.24, 2.45) is 0 Å². The minimum Gasteiger partial charge on any atom is -0.379 e. The predicted octanol–water partition coefficient (Wildman–Crippen LogP) is 2.70. The number of thiophene rings is 1. The zero-order valence-corrected chi connectivity index (χ0v) is 12.9. The molecular formula is C14H21ClN2OS. The molecule has 2 heterocycles. The Morgan fingerprint density at radius 2 is 2.32 bits per heavy atom. The second-order valence-electron chi connectivity index (χ2n) is 5.50. The highest BCUT2D eigenvalue weighted by molar-refractivity contribution is 7.16. The number of rotatable bonds is 4. The van der Waals surface area contributed by atoms with Gasteiger partial charge in [-0.2, -0.15) is 0 Å². The molecule has 1 aromatic rings. The number of hydrogen-bond donors (Lipinski definition) is 1. The second kappa shape index (κ2) is 6.10. The fraction of sp³-hybridized carbons (Fsp3) is 0.714. The maximum Gasteiger partial charge on any atom is 0.0934 e. The summed E-state index contributed by atoms with van der Waals surface area (Å²) in [7, 11) is 0. The van der Waals surface area contributed by atoms with Crippen molar-refractivity contribution < 1.29 is 4.74 Å². The highest BCUT2D eigenvalue weighted by Gasteiger charge is 2.26. The molecule has 106 valence electrons. The van der Waals surface area contributed by atoms with Gasteiger partial charge in [0.1, 0.15) is 0 Å². The number of fused-ring (bicyclic) bond motifs is 1. The zero-order valence-electron chi connectivity index (χ0n) is 11.3. The average Bonchev–Trinajstić information content (AvgIpc) is 2.91. The van der Waals surface area contributed by atoms with Crippen LogP contribution in [0.1, 0.15) is 29.8 Å². The molecule has 1 fully saturated rings. The van der Waals surface area contributed by atoms with E-state index >= 15 is 0 Å². The van der Waals surface area contributed by atoms with Gasteiger partial charge in [0.2, 0.25) is 0 Å². The summed E-state index contributed by atoms with van der Waals surface area (Å²) >= 11 is 7.85. The Balaban J connectivity index is 1.53. The molecule has 1 aliphatic carbocycles. The molecule has 3 rings (SSSR count). The Morgan fingerprint density at radius 1 is 1.53 bits per heavy atom. The molecule has 1 saturated heterocycles. The molecule has 1 aromatic heterocycles. The van der Waals surface area contributed by atoms with Crippen molar-refractivity contribution in [1.82, 2.24) is 10.2 Å². The highest BCUT2D eigenvalue weighted by atomic mass is 35.5. The van der Waals surface area contributed by atoms with Crippen LogP contribution in [0.5, 0.6) is 0 Å². The van der Waals surface area contributed by atoms with E-state index in [9.17, 15) is 0 Å². The average molecular weight is 301 g/mol. The lowest BCUT2D eigenvalue weighted by atomic mass is 10.1. The van der Waals surface area contributed by atoms with Crippen LogP contribution >= 0.6 is 22.9 Å². The molecule has 0 saturated carbocycles. The van der Waals surface area contributed by atoms with E-state index in [0.717, 1.165) is 37.2 Å². The van der Waals surface area contributed by atoms with Gasteiger partial charge < -0.3 is 10.1 Å². The van der Waals surface area contributed by atoms with Gasteiger partial charge in [-0.05, 0) is 31.4 Å². The monoisotopic (exact) mass is 300 g/mol. The van der Waals surface area contributed by atoms with Gasteiger partial charge in [0.25, 0.3) is 0 Å². The standard InChI is InChI=1S/C14H21ClN2OS/c1-10(9-17-4-6-18-7-5-17)16-12-2-3-13-11(12)8-14(15)19-13/h8,10,12,16H,2-7,9H2,1H3. The summed E-state index contributed by atoms with van der Waals surface area (Å²) in [6.45, 7) is 7.26. The first-order valence-corrected chi connectivity index (χ1v) is 8.26. The van der Waals surface area contributed by atoms with Crippen molar-refractivity contribution in [3.8, 4) is 0 Å². The van der Waals surface area contributed by atoms with E-state index in [1.54, 1.807) is 11.3 Å². The SMILES string of the molecule is CC(CN1CCOCC1)NC1CCc2sc(Cl)cc21. The van der Waals surface area contributed by atoms with E-state index < -0.39 is 0 Å². The van der Waals surface area contributed by atoms with Gasteiger partial charge in [0, 0.05) is 36.6 Å². The number of nitrogens with zero attached hydrogens (tertiary/aromatic N) is 1. The summed E-state index contributed by atoms with van der Waals surface area (Å²) in [5.74, 6) is 0. The molecule has 5 heteroatoms. The first-order chi connectivity index (χ1) is 9.22. The number of morpholine rings is 1. The van der Waals surface area contributed by atoms with Crippen molar-refractivity contribution in [3.05, 3.63) is 20.8 Å². The van der Waals surface area contributed by atoms with Crippen molar-refractivity contribution in [2.75, 3.05) is 32.8 Å². The third-order valence-electron chi connectivity index (χ3n) is 3.97. The van der Waals surface area contributed by atoms with Crippen molar-refractivity contribution >= 4 is 22.9 Å². The molecule has 2 aliphatic rings. The molecule has 0 amide bonds. The molecule has 0 spiro atoms. The maximum absolute atomic E-state index is 6.10. The van der Waals surface area contributed by atoms with Crippen molar-refractivity contribution in [3.63, 3.8) is 0 Å². The molecule has 0 aromatic carbocycles. The van der Waals surface area contributed by atoms with E-state index in [0.29, 0.717) is 12.1 Å². The number of ether oxygens (including phenoxy) is 1. The Hall–Kier alpha value is -0.130. The predicted molar refractivity (Wildman–Crippen MR) is 80.2 cm³/mol.